The highest BCUT2D eigenvalue weighted by molar-refractivity contribution is 5.49. The van der Waals surface area contributed by atoms with Crippen molar-refractivity contribution in [2.45, 2.75) is 13.8 Å². The number of benzene rings is 1. The summed E-state index contributed by atoms with van der Waals surface area (Å²) in [6.45, 7) is 7.91. The van der Waals surface area contributed by atoms with Crippen LogP contribution in [0.5, 0.6) is 0 Å². The summed E-state index contributed by atoms with van der Waals surface area (Å²) in [6, 6.07) is 6.41. The van der Waals surface area contributed by atoms with Crippen molar-refractivity contribution < 1.29 is 0 Å². The molecule has 0 heterocycles. The minimum absolute atomic E-state index is 1.21. The van der Waals surface area contributed by atoms with Crippen LogP contribution in [0.15, 0.2) is 24.8 Å². The lowest BCUT2D eigenvalue weighted by molar-refractivity contribution is 1.37. The van der Waals surface area contributed by atoms with Gasteiger partial charge in [-0.2, -0.15) is 0 Å². The van der Waals surface area contributed by atoms with Gasteiger partial charge in [0.05, 0.1) is 0 Å². The van der Waals surface area contributed by atoms with E-state index in [1.54, 1.807) is 0 Å². The second kappa shape index (κ2) is 2.70. The lowest BCUT2D eigenvalue weighted by Crippen LogP contribution is -1.78. The maximum atomic E-state index is 3.71. The van der Waals surface area contributed by atoms with Crippen LogP contribution in [0.2, 0.25) is 0 Å². The van der Waals surface area contributed by atoms with Crippen LogP contribution in [0, 0.1) is 13.8 Å². The highest BCUT2D eigenvalue weighted by atomic mass is 13.9. The Balaban J connectivity index is 3.18. The Labute approximate surface area is 62.2 Å². The first-order valence-electron chi connectivity index (χ1n) is 3.43. The summed E-state index contributed by atoms with van der Waals surface area (Å²) in [6.07, 6.45) is 1.88. The van der Waals surface area contributed by atoms with Crippen LogP contribution in [0.25, 0.3) is 6.08 Å². The SMILES string of the molecule is C=Cc1cc(C)cc(C)c1. The minimum Gasteiger partial charge on any atom is -0.0985 e. The smallest absolute Gasteiger partial charge is 0.0257 e. The van der Waals surface area contributed by atoms with Crippen molar-refractivity contribution in [1.29, 1.82) is 0 Å². The quantitative estimate of drug-likeness (QED) is 0.551. The van der Waals surface area contributed by atoms with Crippen molar-refractivity contribution in [2.24, 2.45) is 0 Å². The third-order valence-corrected chi connectivity index (χ3v) is 1.48. The molecule has 0 nitrogen and oxygen atoms in total. The minimum atomic E-state index is 1.21. The third kappa shape index (κ3) is 1.47. The summed E-state index contributed by atoms with van der Waals surface area (Å²) < 4.78 is 0. The van der Waals surface area contributed by atoms with E-state index in [1.807, 2.05) is 6.08 Å². The van der Waals surface area contributed by atoms with Crippen LogP contribution in [0.3, 0.4) is 0 Å². The zero-order chi connectivity index (χ0) is 7.56. The van der Waals surface area contributed by atoms with Crippen molar-refractivity contribution in [3.63, 3.8) is 0 Å². The zero-order valence-electron chi connectivity index (χ0n) is 6.52. The molecule has 10 heavy (non-hydrogen) atoms. The Hall–Kier alpha value is -1.04. The predicted octanol–water partition coefficient (Wildman–Crippen LogP) is 2.95. The van der Waals surface area contributed by atoms with E-state index in [2.05, 4.69) is 38.6 Å². The number of hydrogen-bond donors (Lipinski definition) is 0. The average Bonchev–Trinajstić information content (AvgIpc) is 1.85. The molecule has 1 aromatic rings. The van der Waals surface area contributed by atoms with Gasteiger partial charge in [-0.1, -0.05) is 42.0 Å². The molecular weight excluding hydrogens is 120 g/mol. The molecule has 0 N–H and O–H groups in total. The molecule has 0 saturated carbocycles. The van der Waals surface area contributed by atoms with Crippen LogP contribution in [0.4, 0.5) is 0 Å². The Bertz CT molecular complexity index is 226. The molecule has 0 bridgehead atoms. The highest BCUT2D eigenvalue weighted by Gasteiger charge is 1.89. The van der Waals surface area contributed by atoms with Crippen LogP contribution in [0.1, 0.15) is 16.7 Å². The van der Waals surface area contributed by atoms with Gasteiger partial charge in [0.15, 0.2) is 0 Å². The van der Waals surface area contributed by atoms with Gasteiger partial charge < -0.3 is 0 Å². The Morgan fingerprint density at radius 1 is 1.10 bits per heavy atom. The maximum absolute atomic E-state index is 3.71. The average molecular weight is 132 g/mol. The van der Waals surface area contributed by atoms with E-state index in [0.717, 1.165) is 0 Å². The van der Waals surface area contributed by atoms with Crippen molar-refractivity contribution in [1.82, 2.24) is 0 Å². The second-order valence-electron chi connectivity index (χ2n) is 2.63. The van der Waals surface area contributed by atoms with Gasteiger partial charge in [-0.05, 0) is 19.4 Å². The van der Waals surface area contributed by atoms with Gasteiger partial charge in [0.25, 0.3) is 0 Å². The Morgan fingerprint density at radius 2 is 1.60 bits per heavy atom. The fraction of sp³-hybridized carbons (Fsp3) is 0.200. The summed E-state index contributed by atoms with van der Waals surface area (Å²) in [5.41, 5.74) is 3.81. The normalized spacial score (nSPS) is 9.40. The van der Waals surface area contributed by atoms with Gasteiger partial charge in [0, 0.05) is 0 Å². The molecule has 0 aliphatic carbocycles. The highest BCUT2D eigenvalue weighted by Crippen LogP contribution is 2.08. The van der Waals surface area contributed by atoms with Crippen LogP contribution >= 0.6 is 0 Å². The van der Waals surface area contributed by atoms with Gasteiger partial charge >= 0.3 is 0 Å². The monoisotopic (exact) mass is 132 g/mol. The molecule has 0 fully saturated rings. The summed E-state index contributed by atoms with van der Waals surface area (Å²) in [5.74, 6) is 0. The largest absolute Gasteiger partial charge is 0.0985 e. The summed E-state index contributed by atoms with van der Waals surface area (Å²) in [5, 5.41) is 0. The molecule has 52 valence electrons. The lowest BCUT2D eigenvalue weighted by Gasteiger charge is -1.97. The van der Waals surface area contributed by atoms with E-state index in [4.69, 9.17) is 0 Å². The first kappa shape index (κ1) is 7.07. The second-order valence-corrected chi connectivity index (χ2v) is 2.63. The van der Waals surface area contributed by atoms with Crippen molar-refractivity contribution in [3.05, 3.63) is 41.5 Å². The van der Waals surface area contributed by atoms with Crippen LogP contribution in [-0.2, 0) is 0 Å². The Morgan fingerprint density at radius 3 is 2.00 bits per heavy atom. The van der Waals surface area contributed by atoms with Crippen molar-refractivity contribution >= 4 is 6.08 Å². The molecule has 1 aromatic carbocycles. The standard InChI is InChI=1S/C10H12/c1-4-10-6-8(2)5-9(3)7-10/h4-7H,1H2,2-3H3. The summed E-state index contributed by atoms with van der Waals surface area (Å²) >= 11 is 0. The van der Waals surface area contributed by atoms with Gasteiger partial charge in [-0.25, -0.2) is 0 Å². The first-order chi connectivity index (χ1) is 4.72. The number of aryl methyl sites for hydroxylation is 2. The van der Waals surface area contributed by atoms with Gasteiger partial charge in [-0.3, -0.25) is 0 Å². The van der Waals surface area contributed by atoms with E-state index in [0.29, 0.717) is 0 Å². The van der Waals surface area contributed by atoms with E-state index in [9.17, 15) is 0 Å². The fourth-order valence-corrected chi connectivity index (χ4v) is 1.13. The van der Waals surface area contributed by atoms with Gasteiger partial charge in [0.1, 0.15) is 0 Å². The molecule has 0 unspecified atom stereocenters. The summed E-state index contributed by atoms with van der Waals surface area (Å²) in [7, 11) is 0. The number of hydrogen-bond acceptors (Lipinski definition) is 0. The van der Waals surface area contributed by atoms with E-state index >= 15 is 0 Å². The molecular formula is C10H12. The zero-order valence-corrected chi connectivity index (χ0v) is 6.52. The predicted molar refractivity (Wildman–Crippen MR) is 46.0 cm³/mol. The number of rotatable bonds is 1. The van der Waals surface area contributed by atoms with Crippen LogP contribution < -0.4 is 0 Å². The summed E-state index contributed by atoms with van der Waals surface area (Å²) in [4.78, 5) is 0. The molecule has 0 radical (unpaired) electrons. The fourth-order valence-electron chi connectivity index (χ4n) is 1.13. The first-order valence-corrected chi connectivity index (χ1v) is 3.43. The topological polar surface area (TPSA) is 0 Å². The molecule has 1 rings (SSSR count). The molecule has 0 aliphatic rings. The van der Waals surface area contributed by atoms with Crippen molar-refractivity contribution in [3.8, 4) is 0 Å². The molecule has 0 atom stereocenters. The molecule has 0 aromatic heterocycles. The molecule has 0 spiro atoms. The van der Waals surface area contributed by atoms with E-state index in [1.165, 1.54) is 16.7 Å². The van der Waals surface area contributed by atoms with E-state index < -0.39 is 0 Å². The molecule has 0 aliphatic heterocycles. The van der Waals surface area contributed by atoms with E-state index in [-0.39, 0.29) is 0 Å². The molecule has 0 heteroatoms. The van der Waals surface area contributed by atoms with Crippen molar-refractivity contribution in [2.75, 3.05) is 0 Å². The van der Waals surface area contributed by atoms with Crippen LogP contribution in [-0.4, -0.2) is 0 Å². The molecule has 0 amide bonds. The van der Waals surface area contributed by atoms with Gasteiger partial charge in [-0.15, -0.1) is 0 Å². The third-order valence-electron chi connectivity index (χ3n) is 1.48. The van der Waals surface area contributed by atoms with Gasteiger partial charge in [0.2, 0.25) is 0 Å². The maximum Gasteiger partial charge on any atom is -0.0257 e. The molecule has 0 saturated heterocycles. The Kier molecular flexibility index (Phi) is 1.91. The lowest BCUT2D eigenvalue weighted by atomic mass is 10.1.